The van der Waals surface area contributed by atoms with E-state index in [1.54, 1.807) is 12.1 Å². The van der Waals surface area contributed by atoms with Crippen molar-refractivity contribution in [3.8, 4) is 0 Å². The molecular formula is C18H21NO2. The van der Waals surface area contributed by atoms with Crippen LogP contribution in [0.2, 0.25) is 0 Å². The van der Waals surface area contributed by atoms with Crippen LogP contribution in [0.25, 0.3) is 0 Å². The Morgan fingerprint density at radius 1 is 1.00 bits per heavy atom. The number of aryl methyl sites for hydroxylation is 1. The number of hydrogen-bond acceptors (Lipinski definition) is 3. The fraction of sp³-hybridized carbons (Fsp3) is 0.278. The van der Waals surface area contributed by atoms with Crippen LogP contribution in [0.4, 0.5) is 5.69 Å². The largest absolute Gasteiger partial charge is 0.465 e. The van der Waals surface area contributed by atoms with E-state index < -0.39 is 0 Å². The van der Waals surface area contributed by atoms with Crippen LogP contribution < -0.4 is 4.90 Å². The molecule has 0 aliphatic rings. The maximum absolute atomic E-state index is 11.4. The zero-order valence-corrected chi connectivity index (χ0v) is 12.8. The highest BCUT2D eigenvalue weighted by molar-refractivity contribution is 5.89. The summed E-state index contributed by atoms with van der Waals surface area (Å²) in [6.07, 6.45) is 1.05. The van der Waals surface area contributed by atoms with Crippen molar-refractivity contribution in [1.29, 1.82) is 0 Å². The summed E-state index contributed by atoms with van der Waals surface area (Å²) in [6.45, 7) is 2.95. The highest BCUT2D eigenvalue weighted by Crippen LogP contribution is 2.17. The molecule has 110 valence electrons. The number of benzene rings is 2. The minimum absolute atomic E-state index is 0.301. The normalized spacial score (nSPS) is 10.2. The van der Waals surface area contributed by atoms with Crippen LogP contribution >= 0.6 is 0 Å². The van der Waals surface area contributed by atoms with E-state index in [1.165, 1.54) is 18.4 Å². The first-order valence-electron chi connectivity index (χ1n) is 7.11. The summed E-state index contributed by atoms with van der Waals surface area (Å²) in [5, 5.41) is 0. The molecule has 0 aliphatic carbocycles. The lowest BCUT2D eigenvalue weighted by atomic mass is 10.1. The number of methoxy groups -OCH3 is 1. The van der Waals surface area contributed by atoms with E-state index in [0.717, 1.165) is 18.5 Å². The molecule has 0 atom stereocenters. The summed E-state index contributed by atoms with van der Waals surface area (Å²) in [6, 6.07) is 16.1. The predicted octanol–water partition coefficient (Wildman–Crippen LogP) is 3.67. The molecule has 21 heavy (non-hydrogen) atoms. The van der Waals surface area contributed by atoms with Gasteiger partial charge in [-0.2, -0.15) is 0 Å². The lowest BCUT2D eigenvalue weighted by Gasteiger charge is -2.20. The molecule has 0 fully saturated rings. The van der Waals surface area contributed by atoms with Crippen molar-refractivity contribution in [3.63, 3.8) is 0 Å². The molecule has 2 aromatic carbocycles. The number of anilines is 1. The van der Waals surface area contributed by atoms with Gasteiger partial charge >= 0.3 is 5.97 Å². The van der Waals surface area contributed by atoms with Gasteiger partial charge in [-0.15, -0.1) is 0 Å². The number of carbonyl (C=O) groups is 1. The van der Waals surface area contributed by atoms with Gasteiger partial charge in [0, 0.05) is 19.3 Å². The zero-order chi connectivity index (χ0) is 15.2. The van der Waals surface area contributed by atoms with Gasteiger partial charge in [0.2, 0.25) is 0 Å². The van der Waals surface area contributed by atoms with Crippen molar-refractivity contribution >= 4 is 11.7 Å². The second kappa shape index (κ2) is 6.93. The lowest BCUT2D eigenvalue weighted by Crippen LogP contribution is -2.16. The summed E-state index contributed by atoms with van der Waals surface area (Å²) in [5.41, 5.74) is 4.26. The Hall–Kier alpha value is -2.29. The van der Waals surface area contributed by atoms with Gasteiger partial charge in [0.15, 0.2) is 0 Å². The van der Waals surface area contributed by atoms with Gasteiger partial charge < -0.3 is 9.64 Å². The number of esters is 1. The maximum atomic E-state index is 11.4. The highest BCUT2D eigenvalue weighted by atomic mass is 16.5. The Balaban J connectivity index is 2.04. The molecule has 3 heteroatoms. The Morgan fingerprint density at radius 2 is 1.57 bits per heavy atom. The molecule has 0 heterocycles. The van der Waals surface area contributed by atoms with Crippen molar-refractivity contribution < 1.29 is 9.53 Å². The molecule has 0 bridgehead atoms. The van der Waals surface area contributed by atoms with Crippen LogP contribution in [-0.2, 0) is 17.7 Å². The summed E-state index contributed by atoms with van der Waals surface area (Å²) < 4.78 is 4.70. The summed E-state index contributed by atoms with van der Waals surface area (Å²) in [7, 11) is 3.46. The van der Waals surface area contributed by atoms with Gasteiger partial charge in [-0.25, -0.2) is 4.79 Å². The molecule has 2 aromatic rings. The first-order valence-corrected chi connectivity index (χ1v) is 7.11. The number of carbonyl (C=O) groups excluding carboxylic acids is 1. The smallest absolute Gasteiger partial charge is 0.337 e. The van der Waals surface area contributed by atoms with Crippen LogP contribution in [0.1, 0.15) is 28.4 Å². The van der Waals surface area contributed by atoms with Gasteiger partial charge in [-0.1, -0.05) is 31.2 Å². The van der Waals surface area contributed by atoms with Crippen LogP contribution in [0.15, 0.2) is 48.5 Å². The third kappa shape index (κ3) is 3.85. The first-order chi connectivity index (χ1) is 10.1. The third-order valence-electron chi connectivity index (χ3n) is 3.58. The minimum Gasteiger partial charge on any atom is -0.465 e. The number of rotatable bonds is 5. The molecule has 0 amide bonds. The fourth-order valence-corrected chi connectivity index (χ4v) is 2.22. The van der Waals surface area contributed by atoms with E-state index in [4.69, 9.17) is 4.74 Å². The van der Waals surface area contributed by atoms with Crippen molar-refractivity contribution in [3.05, 3.63) is 65.2 Å². The summed E-state index contributed by atoms with van der Waals surface area (Å²) in [4.78, 5) is 13.6. The molecule has 0 saturated heterocycles. The summed E-state index contributed by atoms with van der Waals surface area (Å²) >= 11 is 0. The Labute approximate surface area is 126 Å². The molecule has 0 N–H and O–H groups in total. The topological polar surface area (TPSA) is 29.5 Å². The van der Waals surface area contributed by atoms with Crippen LogP contribution in [0.5, 0.6) is 0 Å². The lowest BCUT2D eigenvalue weighted by molar-refractivity contribution is 0.0600. The first kappa shape index (κ1) is 15.1. The fourth-order valence-electron chi connectivity index (χ4n) is 2.22. The number of nitrogens with zero attached hydrogens (tertiary/aromatic N) is 1. The van der Waals surface area contributed by atoms with Gasteiger partial charge in [-0.05, 0) is 41.8 Å². The Bertz CT molecular complexity index is 588. The van der Waals surface area contributed by atoms with E-state index in [1.807, 2.05) is 12.1 Å². The molecule has 0 aromatic heterocycles. The molecule has 0 aliphatic heterocycles. The minimum atomic E-state index is -0.301. The predicted molar refractivity (Wildman–Crippen MR) is 85.7 cm³/mol. The van der Waals surface area contributed by atoms with Gasteiger partial charge in [0.25, 0.3) is 0 Å². The van der Waals surface area contributed by atoms with Crippen molar-refractivity contribution in [1.82, 2.24) is 0 Å². The summed E-state index contributed by atoms with van der Waals surface area (Å²) in [5.74, 6) is -0.301. The average Bonchev–Trinajstić information content (AvgIpc) is 2.55. The highest BCUT2D eigenvalue weighted by Gasteiger charge is 2.06. The molecule has 0 saturated carbocycles. The second-order valence-corrected chi connectivity index (χ2v) is 5.06. The SMILES string of the molecule is CCc1ccc(N(C)Cc2ccc(C(=O)OC)cc2)cc1. The molecular weight excluding hydrogens is 262 g/mol. The van der Waals surface area contributed by atoms with Crippen molar-refractivity contribution in [2.45, 2.75) is 19.9 Å². The van der Waals surface area contributed by atoms with Crippen LogP contribution in [0, 0.1) is 0 Å². The van der Waals surface area contributed by atoms with E-state index in [-0.39, 0.29) is 5.97 Å². The van der Waals surface area contributed by atoms with E-state index >= 15 is 0 Å². The van der Waals surface area contributed by atoms with Gasteiger partial charge in [0.1, 0.15) is 0 Å². The van der Waals surface area contributed by atoms with E-state index in [0.29, 0.717) is 5.56 Å². The molecule has 2 rings (SSSR count). The van der Waals surface area contributed by atoms with E-state index in [2.05, 4.69) is 43.1 Å². The van der Waals surface area contributed by atoms with Crippen LogP contribution in [0.3, 0.4) is 0 Å². The van der Waals surface area contributed by atoms with Crippen molar-refractivity contribution in [2.75, 3.05) is 19.1 Å². The molecule has 0 unspecified atom stereocenters. The number of ether oxygens (including phenoxy) is 1. The van der Waals surface area contributed by atoms with Gasteiger partial charge in [-0.3, -0.25) is 0 Å². The molecule has 0 spiro atoms. The van der Waals surface area contributed by atoms with Crippen LogP contribution in [-0.4, -0.2) is 20.1 Å². The molecule has 0 radical (unpaired) electrons. The monoisotopic (exact) mass is 283 g/mol. The maximum Gasteiger partial charge on any atom is 0.337 e. The standard InChI is InChI=1S/C18H21NO2/c1-4-14-7-11-17(12-8-14)19(2)13-15-5-9-16(10-6-15)18(20)21-3/h5-12H,4,13H2,1-3H3. The Morgan fingerprint density at radius 3 is 2.10 bits per heavy atom. The zero-order valence-electron chi connectivity index (χ0n) is 12.8. The average molecular weight is 283 g/mol. The second-order valence-electron chi connectivity index (χ2n) is 5.06. The quantitative estimate of drug-likeness (QED) is 0.784. The molecule has 3 nitrogen and oxygen atoms in total. The Kier molecular flexibility index (Phi) is 4.99. The van der Waals surface area contributed by atoms with Gasteiger partial charge in [0.05, 0.1) is 12.7 Å². The number of hydrogen-bond donors (Lipinski definition) is 0. The third-order valence-corrected chi connectivity index (χ3v) is 3.58. The van der Waals surface area contributed by atoms with Crippen molar-refractivity contribution in [2.24, 2.45) is 0 Å². The van der Waals surface area contributed by atoms with E-state index in [9.17, 15) is 4.79 Å².